The summed E-state index contributed by atoms with van der Waals surface area (Å²) in [5.41, 5.74) is 0.763. The molecule has 3 aromatic carbocycles. The van der Waals surface area contributed by atoms with E-state index in [1.54, 1.807) is 48.5 Å². The number of aliphatic carboxylic acids is 1. The summed E-state index contributed by atoms with van der Waals surface area (Å²) < 4.78 is 7.64. The first-order chi connectivity index (χ1) is 13.9. The fourth-order valence-electron chi connectivity index (χ4n) is 2.40. The first kappa shape index (κ1) is 21.1. The molecule has 3 aromatic rings. The third-order valence-electron chi connectivity index (χ3n) is 3.84. The van der Waals surface area contributed by atoms with E-state index in [4.69, 9.17) is 4.74 Å². The maximum Gasteiger partial charge on any atom is 0.352 e. The Hall–Kier alpha value is -2.65. The van der Waals surface area contributed by atoms with E-state index in [0.29, 0.717) is 16.9 Å². The lowest BCUT2D eigenvalue weighted by Gasteiger charge is -2.09. The lowest BCUT2D eigenvalue weighted by atomic mass is 10.1. The van der Waals surface area contributed by atoms with E-state index >= 15 is 0 Å². The van der Waals surface area contributed by atoms with Crippen LogP contribution < -0.4 is 10.1 Å². The highest BCUT2D eigenvalue weighted by atomic mass is 127. The second-order valence-electron chi connectivity index (χ2n) is 5.93. The normalized spacial score (nSPS) is 11.0. The quantitative estimate of drug-likeness (QED) is 0.298. The molecular weight excluding hydrogens is 549 g/mol. The third-order valence-corrected chi connectivity index (χ3v) is 5.26. The number of carbonyl (C=O) groups excluding carboxylic acids is 1. The molecule has 0 heterocycles. The van der Waals surface area contributed by atoms with Crippen LogP contribution >= 0.6 is 38.5 Å². The Morgan fingerprint density at radius 3 is 2.24 bits per heavy atom. The molecule has 7 heteroatoms. The summed E-state index contributed by atoms with van der Waals surface area (Å²) in [6, 6.07) is 21.2. The van der Waals surface area contributed by atoms with E-state index in [-0.39, 0.29) is 5.70 Å². The molecule has 29 heavy (non-hydrogen) atoms. The number of hydrogen-bond acceptors (Lipinski definition) is 3. The van der Waals surface area contributed by atoms with Gasteiger partial charge in [-0.1, -0.05) is 40.2 Å². The van der Waals surface area contributed by atoms with Gasteiger partial charge < -0.3 is 15.2 Å². The number of nitrogens with one attached hydrogen (secondary N) is 1. The number of hydrogen-bond donors (Lipinski definition) is 2. The van der Waals surface area contributed by atoms with Crippen LogP contribution in [0.3, 0.4) is 0 Å². The minimum Gasteiger partial charge on any atom is -0.477 e. The van der Waals surface area contributed by atoms with E-state index in [0.717, 1.165) is 13.8 Å². The summed E-state index contributed by atoms with van der Waals surface area (Å²) in [5.74, 6) is -0.356. The highest BCUT2D eigenvalue weighted by Gasteiger charge is 2.13. The van der Waals surface area contributed by atoms with Crippen LogP contribution in [-0.4, -0.2) is 17.0 Å². The van der Waals surface area contributed by atoms with Crippen LogP contribution in [0.25, 0.3) is 6.08 Å². The number of ether oxygens (including phenoxy) is 1. The highest BCUT2D eigenvalue weighted by molar-refractivity contribution is 14.1. The van der Waals surface area contributed by atoms with Crippen LogP contribution in [0, 0.1) is 3.57 Å². The van der Waals surface area contributed by atoms with Gasteiger partial charge in [0.15, 0.2) is 0 Å². The molecule has 2 N–H and O–H groups in total. The molecule has 0 aliphatic rings. The number of benzene rings is 3. The second kappa shape index (κ2) is 9.71. The number of halogens is 2. The van der Waals surface area contributed by atoms with E-state index < -0.39 is 11.9 Å². The van der Waals surface area contributed by atoms with Crippen LogP contribution in [0.4, 0.5) is 0 Å². The van der Waals surface area contributed by atoms with Crippen molar-refractivity contribution in [3.63, 3.8) is 0 Å². The Morgan fingerprint density at radius 1 is 0.966 bits per heavy atom. The van der Waals surface area contributed by atoms with E-state index in [9.17, 15) is 14.7 Å². The van der Waals surface area contributed by atoms with Crippen LogP contribution in [0.2, 0.25) is 0 Å². The topological polar surface area (TPSA) is 75.6 Å². The molecule has 0 radical (unpaired) electrons. The van der Waals surface area contributed by atoms with Crippen LogP contribution in [0.1, 0.15) is 15.9 Å². The van der Waals surface area contributed by atoms with Gasteiger partial charge in [0.1, 0.15) is 17.2 Å². The van der Waals surface area contributed by atoms with Gasteiger partial charge in [-0.2, -0.15) is 0 Å². The Bertz CT molecular complexity index is 1060. The Kier molecular flexibility index (Phi) is 7.05. The van der Waals surface area contributed by atoms with Crippen molar-refractivity contribution in [2.45, 2.75) is 0 Å². The summed E-state index contributed by atoms with van der Waals surface area (Å²) >= 11 is 5.49. The molecule has 0 aliphatic heterocycles. The van der Waals surface area contributed by atoms with Gasteiger partial charge in [-0.25, -0.2) is 4.79 Å². The van der Waals surface area contributed by atoms with Crippen LogP contribution in [0.5, 0.6) is 11.5 Å². The molecule has 0 unspecified atom stereocenters. The maximum atomic E-state index is 12.3. The Balaban J connectivity index is 1.75. The maximum absolute atomic E-state index is 12.3. The molecular formula is C22H15BrINO4. The summed E-state index contributed by atoms with van der Waals surface area (Å²) in [5, 5.41) is 11.9. The minimum absolute atomic E-state index is 0.218. The van der Waals surface area contributed by atoms with Crippen molar-refractivity contribution in [3.8, 4) is 11.5 Å². The van der Waals surface area contributed by atoms with E-state index in [1.165, 1.54) is 6.08 Å². The average Bonchev–Trinajstić information content (AvgIpc) is 2.71. The standard InChI is InChI=1S/C22H15BrINO4/c23-16-9-7-15(8-10-16)21(26)25-19(22(27)28)13-14-5-11-17(12-6-14)29-20-4-2-1-3-18(20)24/h1-13H,(H,25,26)(H,27,28). The Morgan fingerprint density at radius 2 is 1.62 bits per heavy atom. The van der Waals surface area contributed by atoms with Crippen molar-refractivity contribution in [3.05, 3.63) is 97.7 Å². The van der Waals surface area contributed by atoms with Crippen molar-refractivity contribution in [2.75, 3.05) is 0 Å². The van der Waals surface area contributed by atoms with E-state index in [1.807, 2.05) is 24.3 Å². The van der Waals surface area contributed by atoms with Crippen LogP contribution in [-0.2, 0) is 4.79 Å². The first-order valence-electron chi connectivity index (χ1n) is 8.47. The average molecular weight is 564 g/mol. The molecule has 146 valence electrons. The molecule has 0 saturated carbocycles. The van der Waals surface area contributed by atoms with Gasteiger partial charge in [0.2, 0.25) is 0 Å². The molecule has 0 saturated heterocycles. The largest absolute Gasteiger partial charge is 0.477 e. The van der Waals surface area contributed by atoms with Gasteiger partial charge in [-0.3, -0.25) is 4.79 Å². The molecule has 0 spiro atoms. The van der Waals surface area contributed by atoms with Crippen molar-refractivity contribution in [1.82, 2.24) is 5.32 Å². The molecule has 1 amide bonds. The number of carboxylic acid groups (broad SMARTS) is 1. The second-order valence-corrected chi connectivity index (χ2v) is 8.00. The summed E-state index contributed by atoms with van der Waals surface area (Å²) in [6.45, 7) is 0. The molecule has 0 aliphatic carbocycles. The first-order valence-corrected chi connectivity index (χ1v) is 10.3. The predicted molar refractivity (Wildman–Crippen MR) is 123 cm³/mol. The zero-order valence-electron chi connectivity index (χ0n) is 14.9. The lowest BCUT2D eigenvalue weighted by molar-refractivity contribution is -0.132. The van der Waals surface area contributed by atoms with Gasteiger partial charge in [0.05, 0.1) is 3.57 Å². The van der Waals surface area contributed by atoms with Gasteiger partial charge in [0, 0.05) is 10.0 Å². The number of carboxylic acids is 1. The van der Waals surface area contributed by atoms with Gasteiger partial charge in [0.25, 0.3) is 5.91 Å². The minimum atomic E-state index is -1.23. The molecule has 0 bridgehead atoms. The number of para-hydroxylation sites is 1. The molecule has 0 atom stereocenters. The van der Waals surface area contributed by atoms with E-state index in [2.05, 4.69) is 43.8 Å². The van der Waals surface area contributed by atoms with Crippen molar-refractivity contribution < 1.29 is 19.4 Å². The van der Waals surface area contributed by atoms with Crippen molar-refractivity contribution in [1.29, 1.82) is 0 Å². The zero-order valence-corrected chi connectivity index (χ0v) is 18.7. The third kappa shape index (κ3) is 5.91. The smallest absolute Gasteiger partial charge is 0.352 e. The van der Waals surface area contributed by atoms with Gasteiger partial charge >= 0.3 is 5.97 Å². The molecule has 0 aromatic heterocycles. The van der Waals surface area contributed by atoms with Gasteiger partial charge in [-0.15, -0.1) is 0 Å². The van der Waals surface area contributed by atoms with Crippen molar-refractivity contribution in [2.24, 2.45) is 0 Å². The number of amides is 1. The van der Waals surface area contributed by atoms with Gasteiger partial charge in [-0.05, 0) is 82.8 Å². The zero-order chi connectivity index (χ0) is 20.8. The van der Waals surface area contributed by atoms with Crippen molar-refractivity contribution >= 4 is 56.5 Å². The summed E-state index contributed by atoms with van der Waals surface area (Å²) in [7, 11) is 0. The summed E-state index contributed by atoms with van der Waals surface area (Å²) in [4.78, 5) is 23.9. The highest BCUT2D eigenvalue weighted by Crippen LogP contribution is 2.26. The van der Waals surface area contributed by atoms with Crippen LogP contribution in [0.15, 0.2) is 83.0 Å². The molecule has 5 nitrogen and oxygen atoms in total. The monoisotopic (exact) mass is 563 g/mol. The lowest BCUT2D eigenvalue weighted by Crippen LogP contribution is -2.27. The summed E-state index contributed by atoms with van der Waals surface area (Å²) in [6.07, 6.45) is 1.40. The fraction of sp³-hybridized carbons (Fsp3) is 0. The molecule has 0 fully saturated rings. The Labute approximate surface area is 189 Å². The fourth-order valence-corrected chi connectivity index (χ4v) is 3.16. The molecule has 3 rings (SSSR count). The SMILES string of the molecule is O=C(O)C(=Cc1ccc(Oc2ccccc2I)cc1)NC(=O)c1ccc(Br)cc1. The predicted octanol–water partition coefficient (Wildman–Crippen LogP) is 5.70. The number of rotatable bonds is 6. The number of carbonyl (C=O) groups is 2.